The molecule has 134 valence electrons. The van der Waals surface area contributed by atoms with E-state index in [1.807, 2.05) is 11.8 Å². The van der Waals surface area contributed by atoms with E-state index >= 15 is 0 Å². The fraction of sp³-hybridized carbons (Fsp3) is 0.824. The van der Waals surface area contributed by atoms with Gasteiger partial charge in [-0.25, -0.2) is 4.98 Å². The summed E-state index contributed by atoms with van der Waals surface area (Å²) in [5, 5.41) is 7.10. The van der Waals surface area contributed by atoms with Gasteiger partial charge in [0.25, 0.3) is 0 Å². The average molecular weight is 336 g/mol. The summed E-state index contributed by atoms with van der Waals surface area (Å²) in [6.45, 7) is 5.99. The zero-order chi connectivity index (χ0) is 16.9. The van der Waals surface area contributed by atoms with Crippen LogP contribution >= 0.6 is 0 Å². The number of hydrogen-bond donors (Lipinski definition) is 1. The molecule has 1 N–H and O–H groups in total. The lowest BCUT2D eigenvalue weighted by atomic mass is 9.88. The third kappa shape index (κ3) is 4.13. The van der Waals surface area contributed by atoms with Gasteiger partial charge in [-0.1, -0.05) is 26.7 Å². The van der Waals surface area contributed by atoms with Gasteiger partial charge < -0.3 is 14.4 Å². The van der Waals surface area contributed by atoms with E-state index in [0.717, 1.165) is 18.7 Å². The Morgan fingerprint density at radius 2 is 2.25 bits per heavy atom. The summed E-state index contributed by atoms with van der Waals surface area (Å²) in [6, 6.07) is 0. The van der Waals surface area contributed by atoms with Crippen LogP contribution in [0.4, 0.5) is 0 Å². The van der Waals surface area contributed by atoms with Crippen molar-refractivity contribution in [2.24, 2.45) is 5.92 Å². The minimum atomic E-state index is -0.257. The number of ether oxygens (including phenoxy) is 2. The zero-order valence-corrected chi connectivity index (χ0v) is 14.7. The van der Waals surface area contributed by atoms with E-state index in [2.05, 4.69) is 22.1 Å². The molecule has 1 saturated heterocycles. The molecule has 1 aliphatic heterocycles. The smallest absolute Gasteiger partial charge is 0.248 e. The first-order chi connectivity index (χ1) is 11.7. The summed E-state index contributed by atoms with van der Waals surface area (Å²) in [6.07, 6.45) is 5.51. The number of amides is 1. The molecule has 1 aromatic rings. The molecule has 7 heteroatoms. The van der Waals surface area contributed by atoms with Gasteiger partial charge in [0.05, 0.1) is 19.3 Å². The third-order valence-corrected chi connectivity index (χ3v) is 5.04. The normalized spacial score (nSPS) is 28.1. The van der Waals surface area contributed by atoms with Crippen LogP contribution in [0, 0.1) is 5.92 Å². The summed E-state index contributed by atoms with van der Waals surface area (Å²) < 4.78 is 11.6. The van der Waals surface area contributed by atoms with Gasteiger partial charge >= 0.3 is 0 Å². The highest BCUT2D eigenvalue weighted by Crippen LogP contribution is 2.26. The van der Waals surface area contributed by atoms with Crippen LogP contribution < -0.4 is 0 Å². The van der Waals surface area contributed by atoms with Crippen LogP contribution in [0.2, 0.25) is 0 Å². The number of carbonyl (C=O) groups excluding carboxylic acids is 1. The van der Waals surface area contributed by atoms with Crippen molar-refractivity contribution < 1.29 is 14.3 Å². The molecule has 24 heavy (non-hydrogen) atoms. The summed E-state index contributed by atoms with van der Waals surface area (Å²) in [7, 11) is 0. The molecular formula is C17H28N4O3. The Hall–Kier alpha value is -1.47. The lowest BCUT2D eigenvalue weighted by Crippen LogP contribution is -2.44. The monoisotopic (exact) mass is 336 g/mol. The maximum atomic E-state index is 12.5. The number of aromatic nitrogens is 3. The molecule has 1 aliphatic carbocycles. The number of morpholine rings is 1. The van der Waals surface area contributed by atoms with Crippen molar-refractivity contribution in [1.29, 1.82) is 0 Å². The van der Waals surface area contributed by atoms with E-state index in [-0.39, 0.29) is 24.7 Å². The molecule has 1 amide bonds. The van der Waals surface area contributed by atoms with E-state index in [1.165, 1.54) is 19.3 Å². The molecule has 2 aliphatic rings. The van der Waals surface area contributed by atoms with E-state index < -0.39 is 0 Å². The molecule has 0 aromatic carbocycles. The first-order valence-electron chi connectivity index (χ1n) is 9.09. The fourth-order valence-electron chi connectivity index (χ4n) is 3.44. The van der Waals surface area contributed by atoms with Gasteiger partial charge in [0.15, 0.2) is 5.82 Å². The Morgan fingerprint density at radius 1 is 1.42 bits per heavy atom. The second kappa shape index (κ2) is 8.07. The zero-order valence-electron chi connectivity index (χ0n) is 14.7. The molecule has 3 atom stereocenters. The molecule has 7 nitrogen and oxygen atoms in total. The van der Waals surface area contributed by atoms with Gasteiger partial charge in [-0.3, -0.25) is 9.89 Å². The van der Waals surface area contributed by atoms with E-state index in [0.29, 0.717) is 31.4 Å². The number of nitrogens with one attached hydrogen (secondary N) is 1. The highest BCUT2D eigenvalue weighted by molar-refractivity contribution is 5.77. The van der Waals surface area contributed by atoms with Gasteiger partial charge in [0.1, 0.15) is 18.5 Å². The Labute approximate surface area is 143 Å². The van der Waals surface area contributed by atoms with Crippen molar-refractivity contribution in [2.75, 3.05) is 26.3 Å². The number of carbonyl (C=O) groups is 1. The summed E-state index contributed by atoms with van der Waals surface area (Å²) in [4.78, 5) is 18.7. The van der Waals surface area contributed by atoms with Crippen molar-refractivity contribution in [3.63, 3.8) is 0 Å². The second-order valence-electron chi connectivity index (χ2n) is 6.80. The molecule has 0 radical (unpaired) electrons. The highest BCUT2D eigenvalue weighted by Gasteiger charge is 2.29. The van der Waals surface area contributed by atoms with E-state index in [1.54, 1.807) is 0 Å². The van der Waals surface area contributed by atoms with Crippen LogP contribution in [-0.2, 0) is 20.7 Å². The van der Waals surface area contributed by atoms with Crippen LogP contribution in [0.3, 0.4) is 0 Å². The van der Waals surface area contributed by atoms with Gasteiger partial charge in [-0.2, -0.15) is 5.10 Å². The molecule has 2 heterocycles. The van der Waals surface area contributed by atoms with Crippen molar-refractivity contribution in [3.8, 4) is 0 Å². The Kier molecular flexibility index (Phi) is 5.84. The molecule has 1 saturated carbocycles. The SMILES string of the molecule is CCc1nc([C@@H]2CN(C(=O)CO[C@@H]3CCCC[C@H]3C)CCO2)n[nH]1. The number of aromatic amines is 1. The van der Waals surface area contributed by atoms with E-state index in [9.17, 15) is 4.79 Å². The summed E-state index contributed by atoms with van der Waals surface area (Å²) in [5.74, 6) is 2.05. The van der Waals surface area contributed by atoms with Crippen LogP contribution in [0.25, 0.3) is 0 Å². The maximum Gasteiger partial charge on any atom is 0.248 e. The van der Waals surface area contributed by atoms with Crippen molar-refractivity contribution >= 4 is 5.91 Å². The number of aryl methyl sites for hydroxylation is 1. The maximum absolute atomic E-state index is 12.5. The average Bonchev–Trinajstić information content (AvgIpc) is 3.10. The Balaban J connectivity index is 1.51. The van der Waals surface area contributed by atoms with Gasteiger partial charge in [0.2, 0.25) is 5.91 Å². The van der Waals surface area contributed by atoms with Crippen LogP contribution in [0.15, 0.2) is 0 Å². The van der Waals surface area contributed by atoms with Crippen LogP contribution in [-0.4, -0.2) is 58.4 Å². The first kappa shape index (κ1) is 17.4. The third-order valence-electron chi connectivity index (χ3n) is 5.04. The predicted molar refractivity (Wildman–Crippen MR) is 88.4 cm³/mol. The van der Waals surface area contributed by atoms with Gasteiger partial charge in [0, 0.05) is 13.0 Å². The minimum absolute atomic E-state index is 0.0346. The van der Waals surface area contributed by atoms with Gasteiger partial charge in [-0.05, 0) is 18.8 Å². The molecule has 3 rings (SSSR count). The molecule has 0 unspecified atom stereocenters. The van der Waals surface area contributed by atoms with Crippen molar-refractivity contribution in [3.05, 3.63) is 11.6 Å². The lowest BCUT2D eigenvalue weighted by molar-refractivity contribution is -0.147. The molecule has 2 fully saturated rings. The number of hydrogen-bond acceptors (Lipinski definition) is 5. The van der Waals surface area contributed by atoms with Crippen molar-refractivity contribution in [2.45, 2.75) is 58.2 Å². The van der Waals surface area contributed by atoms with Gasteiger partial charge in [-0.15, -0.1) is 0 Å². The van der Waals surface area contributed by atoms with Crippen molar-refractivity contribution in [1.82, 2.24) is 20.1 Å². The number of rotatable bonds is 5. The topological polar surface area (TPSA) is 80.3 Å². The highest BCUT2D eigenvalue weighted by atomic mass is 16.5. The molecular weight excluding hydrogens is 308 g/mol. The standard InChI is InChI=1S/C17H28N4O3/c1-3-15-18-17(20-19-15)14-10-21(8-9-23-14)16(22)11-24-13-7-5-4-6-12(13)2/h12-14H,3-11H2,1-2H3,(H,18,19,20)/t12-,13-,14+/m1/s1. The minimum Gasteiger partial charge on any atom is -0.368 e. The quantitative estimate of drug-likeness (QED) is 0.888. The van der Waals surface area contributed by atoms with E-state index in [4.69, 9.17) is 9.47 Å². The first-order valence-corrected chi connectivity index (χ1v) is 9.09. The lowest BCUT2D eigenvalue weighted by Gasteiger charge is -2.33. The van der Waals surface area contributed by atoms with Crippen LogP contribution in [0.1, 0.15) is 57.3 Å². The molecule has 1 aromatic heterocycles. The number of nitrogens with zero attached hydrogens (tertiary/aromatic N) is 3. The Bertz CT molecular complexity index is 548. The largest absolute Gasteiger partial charge is 0.368 e. The predicted octanol–water partition coefficient (Wildman–Crippen LogP) is 1.86. The number of H-pyrrole nitrogens is 1. The second-order valence-corrected chi connectivity index (χ2v) is 6.80. The fourth-order valence-corrected chi connectivity index (χ4v) is 3.44. The summed E-state index contributed by atoms with van der Waals surface area (Å²) in [5.41, 5.74) is 0. The molecule has 0 spiro atoms. The molecule has 0 bridgehead atoms. The van der Waals surface area contributed by atoms with Crippen LogP contribution in [0.5, 0.6) is 0 Å². The summed E-state index contributed by atoms with van der Waals surface area (Å²) >= 11 is 0. The Morgan fingerprint density at radius 3 is 3.00 bits per heavy atom.